The lowest BCUT2D eigenvalue weighted by atomic mass is 10.4. The summed E-state index contributed by atoms with van der Waals surface area (Å²) in [7, 11) is 2.41. The molecule has 28 heavy (non-hydrogen) atoms. The Labute approximate surface area is 177 Å². The van der Waals surface area contributed by atoms with Crippen LogP contribution in [0.4, 0.5) is 0 Å². The van der Waals surface area contributed by atoms with Crippen molar-refractivity contribution >= 4 is 29.7 Å². The average molecular weight is 421 g/mol. The molecule has 0 spiro atoms. The van der Waals surface area contributed by atoms with Crippen LogP contribution in [0.1, 0.15) is 6.92 Å². The Bertz CT molecular complexity index is 890. The summed E-state index contributed by atoms with van der Waals surface area (Å²) >= 11 is 0. The second kappa shape index (κ2) is 10.5. The van der Waals surface area contributed by atoms with Gasteiger partial charge >= 0.3 is 0 Å². The van der Waals surface area contributed by atoms with Crippen LogP contribution in [0.2, 0.25) is 0 Å². The highest BCUT2D eigenvalue weighted by molar-refractivity contribution is 9.25. The van der Waals surface area contributed by atoms with Gasteiger partial charge in [0, 0.05) is 19.6 Å². The van der Waals surface area contributed by atoms with E-state index in [2.05, 4.69) is 123 Å². The van der Waals surface area contributed by atoms with Crippen LogP contribution in [-0.2, 0) is 0 Å². The van der Waals surface area contributed by atoms with Crippen LogP contribution in [0.5, 0.6) is 0 Å². The van der Waals surface area contributed by atoms with Crippen LogP contribution in [0, 0.1) is 0 Å². The Morgan fingerprint density at radius 2 is 1.29 bits per heavy atom. The molecule has 142 valence electrons. The smallest absolute Gasteiger partial charge is 0.0181 e. The van der Waals surface area contributed by atoms with Crippen molar-refractivity contribution in [2.24, 2.45) is 0 Å². The summed E-state index contributed by atoms with van der Waals surface area (Å²) < 4.78 is 0. The maximum Gasteiger partial charge on any atom is 0.0181 e. The molecule has 0 aliphatic rings. The molecule has 0 saturated heterocycles. The molecule has 0 aromatic heterocycles. The van der Waals surface area contributed by atoms with Crippen LogP contribution >= 0.6 is 29.7 Å². The summed E-state index contributed by atoms with van der Waals surface area (Å²) in [6.45, 7) is 5.98. The topological polar surface area (TPSA) is 0 Å². The fourth-order valence-electron chi connectivity index (χ4n) is 2.68. The van der Waals surface area contributed by atoms with Gasteiger partial charge in [-0.25, -0.2) is 0 Å². The average Bonchev–Trinajstić information content (AvgIpc) is 2.75. The normalized spacial score (nSPS) is 12.8. The van der Waals surface area contributed by atoms with Crippen LogP contribution in [0.3, 0.4) is 0 Å². The lowest BCUT2D eigenvalue weighted by Crippen LogP contribution is -1.95. The molecular weight excluding hydrogens is 396 g/mol. The zero-order chi connectivity index (χ0) is 19.7. The summed E-state index contributed by atoms with van der Waals surface area (Å²) in [6.07, 6.45) is 8.24. The quantitative estimate of drug-likeness (QED) is 0.263. The van der Waals surface area contributed by atoms with Crippen LogP contribution in [0.25, 0.3) is 0 Å². The molecule has 3 aromatic carbocycles. The molecule has 0 saturated carbocycles. The van der Waals surface area contributed by atoms with Gasteiger partial charge in [-0.3, -0.25) is 0 Å². The largest absolute Gasteiger partial charge is 0.0990 e. The molecule has 0 unspecified atom stereocenters. The minimum absolute atomic E-state index is 1.21. The van der Waals surface area contributed by atoms with Crippen molar-refractivity contribution in [3.05, 3.63) is 127 Å². The van der Waals surface area contributed by atoms with Crippen molar-refractivity contribution in [1.82, 2.24) is 0 Å². The Kier molecular flexibility index (Phi) is 7.72. The van der Waals surface area contributed by atoms with Gasteiger partial charge < -0.3 is 0 Å². The van der Waals surface area contributed by atoms with E-state index < -0.39 is 8.09 Å². The van der Waals surface area contributed by atoms with Gasteiger partial charge in [-0.2, -0.15) is 0 Å². The second-order valence-corrected chi connectivity index (χ2v) is 13.8. The predicted octanol–water partition coefficient (Wildman–Crippen LogP) is 8.91. The first-order chi connectivity index (χ1) is 13.8. The van der Waals surface area contributed by atoms with E-state index >= 15 is 0 Å². The Balaban J connectivity index is 2.22. The summed E-state index contributed by atoms with van der Waals surface area (Å²) in [5.74, 6) is 0. The number of allylic oxidation sites excluding steroid dienone is 4. The fraction of sp³-hybridized carbons (Fsp3) is 0.0400. The predicted molar refractivity (Wildman–Crippen MR) is 130 cm³/mol. The lowest BCUT2D eigenvalue weighted by molar-refractivity contribution is 1.39. The van der Waals surface area contributed by atoms with E-state index in [0.717, 1.165) is 0 Å². The van der Waals surface area contributed by atoms with Gasteiger partial charge in [0.1, 0.15) is 0 Å². The van der Waals surface area contributed by atoms with Crippen molar-refractivity contribution in [1.29, 1.82) is 0 Å². The molecule has 0 aliphatic heterocycles. The van der Waals surface area contributed by atoms with Gasteiger partial charge in [0.05, 0.1) is 0 Å². The molecule has 0 nitrogen and oxygen atoms in total. The van der Waals surface area contributed by atoms with E-state index in [1.165, 1.54) is 19.6 Å². The lowest BCUT2D eigenvalue weighted by Gasteiger charge is -2.39. The summed E-state index contributed by atoms with van der Waals surface area (Å²) in [5.41, 5.74) is 0. The number of rotatable bonds is 8. The van der Waals surface area contributed by atoms with E-state index in [1.807, 2.05) is 27.7 Å². The van der Waals surface area contributed by atoms with Gasteiger partial charge in [0.15, 0.2) is 0 Å². The summed E-state index contributed by atoms with van der Waals surface area (Å²) in [5, 5.41) is 0. The first kappa shape index (κ1) is 20.7. The van der Waals surface area contributed by atoms with E-state index in [-0.39, 0.29) is 0 Å². The molecule has 0 atom stereocenters. The molecule has 0 aliphatic carbocycles. The minimum atomic E-state index is -1.48. The molecule has 0 heterocycles. The van der Waals surface area contributed by atoms with Gasteiger partial charge in [0.2, 0.25) is 0 Å². The van der Waals surface area contributed by atoms with E-state index in [4.69, 9.17) is 0 Å². The van der Waals surface area contributed by atoms with Crippen molar-refractivity contribution in [2.75, 3.05) is 0 Å². The third-order valence-electron chi connectivity index (χ3n) is 3.89. The number of benzene rings is 3. The Hall–Kier alpha value is -2.07. The highest BCUT2D eigenvalue weighted by Crippen LogP contribution is 2.82. The summed E-state index contributed by atoms with van der Waals surface area (Å²) in [6, 6.07) is 32.4. The third-order valence-corrected chi connectivity index (χ3v) is 13.2. The second-order valence-electron chi connectivity index (χ2n) is 5.91. The fourth-order valence-corrected chi connectivity index (χ4v) is 12.2. The first-order valence-electron chi connectivity index (χ1n) is 9.11. The molecule has 0 radical (unpaired) electrons. The van der Waals surface area contributed by atoms with Crippen LogP contribution in [-0.4, -0.2) is 0 Å². The SMILES string of the molecule is C=C/C=C(\C=C/C)SS(Sc1ccccc1)(c1ccccc1)c1ccccc1. The third kappa shape index (κ3) is 5.05. The highest BCUT2D eigenvalue weighted by Gasteiger charge is 2.32. The molecule has 0 fully saturated rings. The van der Waals surface area contributed by atoms with Gasteiger partial charge in [0.25, 0.3) is 0 Å². The van der Waals surface area contributed by atoms with Crippen molar-refractivity contribution in [3.8, 4) is 0 Å². The number of hydrogen-bond acceptors (Lipinski definition) is 2. The van der Waals surface area contributed by atoms with Crippen molar-refractivity contribution in [3.63, 3.8) is 0 Å². The molecule has 0 bridgehead atoms. The van der Waals surface area contributed by atoms with Gasteiger partial charge in [-0.15, -0.1) is 0 Å². The van der Waals surface area contributed by atoms with Crippen molar-refractivity contribution < 1.29 is 0 Å². The molecule has 3 heteroatoms. The van der Waals surface area contributed by atoms with E-state index in [0.29, 0.717) is 0 Å². The molecular formula is C25H24S3. The van der Waals surface area contributed by atoms with E-state index in [9.17, 15) is 0 Å². The maximum absolute atomic E-state index is 3.92. The Morgan fingerprint density at radius 1 is 0.786 bits per heavy atom. The zero-order valence-electron chi connectivity index (χ0n) is 15.9. The zero-order valence-corrected chi connectivity index (χ0v) is 18.4. The molecule has 3 aromatic rings. The van der Waals surface area contributed by atoms with Crippen LogP contribution in [0.15, 0.2) is 141 Å². The highest BCUT2D eigenvalue weighted by atomic mass is 33.6. The van der Waals surface area contributed by atoms with Crippen LogP contribution < -0.4 is 0 Å². The molecule has 0 N–H and O–H groups in total. The van der Waals surface area contributed by atoms with Gasteiger partial charge in [-0.05, 0) is 49.4 Å². The maximum atomic E-state index is 3.92. The minimum Gasteiger partial charge on any atom is -0.0990 e. The monoisotopic (exact) mass is 420 g/mol. The standard InChI is InChI=1S/C25H24S3/c1-3-14-22(15-4-2)26-28(24-18-10-6-11-19-24,25-20-12-7-13-21-25)27-23-16-8-5-9-17-23/h3-21H,1H2,2H3/b15-4-,22-14+. The first-order valence-corrected chi connectivity index (χ1v) is 13.4. The van der Waals surface area contributed by atoms with Crippen molar-refractivity contribution in [2.45, 2.75) is 21.6 Å². The Morgan fingerprint density at radius 3 is 1.75 bits per heavy atom. The summed E-state index contributed by atoms with van der Waals surface area (Å²) in [4.78, 5) is 5.18. The van der Waals surface area contributed by atoms with Gasteiger partial charge in [-0.1, -0.05) is 109 Å². The molecule has 0 amide bonds. The molecule has 3 rings (SSSR count). The number of hydrogen-bond donors (Lipinski definition) is 0. The van der Waals surface area contributed by atoms with E-state index in [1.54, 1.807) is 0 Å².